The van der Waals surface area contributed by atoms with Gasteiger partial charge in [0.05, 0.1) is 6.26 Å². The third kappa shape index (κ3) is 5.10. The highest BCUT2D eigenvalue weighted by Crippen LogP contribution is 2.53. The van der Waals surface area contributed by atoms with Gasteiger partial charge in [0, 0.05) is 10.9 Å². The van der Waals surface area contributed by atoms with E-state index in [2.05, 4.69) is 10.5 Å². The highest BCUT2D eigenvalue weighted by atomic mass is 32.2. The second-order valence-electron chi connectivity index (χ2n) is 9.58. The molecule has 0 saturated heterocycles. The predicted molar refractivity (Wildman–Crippen MR) is 124 cm³/mol. The van der Waals surface area contributed by atoms with Gasteiger partial charge in [-0.3, -0.25) is 14.3 Å². The number of hydrogen-bond donors (Lipinski definition) is 2. The Morgan fingerprint density at radius 2 is 1.74 bits per heavy atom. The number of benzene rings is 1. The summed E-state index contributed by atoms with van der Waals surface area (Å²) in [5, 5.41) is 7.09. The first-order valence-electron chi connectivity index (χ1n) is 11.4. The molecular formula is C23H27N3O6S2. The lowest BCUT2D eigenvalue weighted by Gasteiger charge is -2.54. The molecule has 1 heterocycles. The number of sulfonamides is 1. The van der Waals surface area contributed by atoms with E-state index in [9.17, 15) is 18.0 Å². The molecular weight excluding hydrogens is 478 g/mol. The summed E-state index contributed by atoms with van der Waals surface area (Å²) in [5.41, 5.74) is 0. The van der Waals surface area contributed by atoms with Crippen LogP contribution in [0.5, 0.6) is 5.88 Å². The molecule has 1 aromatic carbocycles. The zero-order valence-corrected chi connectivity index (χ0v) is 20.4. The van der Waals surface area contributed by atoms with Crippen LogP contribution in [0.1, 0.15) is 42.7 Å². The smallest absolute Gasteiger partial charge is 0.291 e. The monoisotopic (exact) mass is 505 g/mol. The maximum Gasteiger partial charge on any atom is 0.291 e. The van der Waals surface area contributed by atoms with Gasteiger partial charge in [-0.25, -0.2) is 8.42 Å². The van der Waals surface area contributed by atoms with Crippen LogP contribution in [0, 0.1) is 23.7 Å². The van der Waals surface area contributed by atoms with Crippen molar-refractivity contribution in [2.45, 2.75) is 47.9 Å². The Hall–Kier alpha value is -2.53. The summed E-state index contributed by atoms with van der Waals surface area (Å²) in [6, 6.07) is 9.48. The number of carbonyl (C=O) groups is 2. The molecule has 4 saturated carbocycles. The lowest BCUT2D eigenvalue weighted by Crippen LogP contribution is -2.55. The highest BCUT2D eigenvalue weighted by molar-refractivity contribution is 7.99. The summed E-state index contributed by atoms with van der Waals surface area (Å²) in [5.74, 6) is 1.40. The van der Waals surface area contributed by atoms with Gasteiger partial charge in [-0.1, -0.05) is 30.0 Å². The zero-order chi connectivity index (χ0) is 23.9. The average molecular weight is 506 g/mol. The molecule has 4 bridgehead atoms. The average Bonchev–Trinajstić information content (AvgIpc) is 3.16. The largest absolute Gasteiger partial charge is 0.465 e. The van der Waals surface area contributed by atoms with Crippen LogP contribution < -0.4 is 14.8 Å². The second-order valence-corrected chi connectivity index (χ2v) is 12.4. The van der Waals surface area contributed by atoms with E-state index in [0.717, 1.165) is 23.0 Å². The molecule has 0 atom stereocenters. The van der Waals surface area contributed by atoms with Crippen molar-refractivity contribution in [1.82, 2.24) is 15.2 Å². The van der Waals surface area contributed by atoms with Crippen LogP contribution in [-0.2, 0) is 14.8 Å². The predicted octanol–water partition coefficient (Wildman–Crippen LogP) is 2.83. The van der Waals surface area contributed by atoms with E-state index in [1.165, 1.54) is 43.9 Å². The first kappa shape index (κ1) is 23.2. The van der Waals surface area contributed by atoms with Crippen molar-refractivity contribution in [1.29, 1.82) is 0 Å². The number of ether oxygens (including phenoxy) is 1. The van der Waals surface area contributed by atoms with E-state index < -0.39 is 22.5 Å². The maximum atomic E-state index is 13.3. The van der Waals surface area contributed by atoms with E-state index in [0.29, 0.717) is 16.7 Å². The summed E-state index contributed by atoms with van der Waals surface area (Å²) in [7, 11) is -3.71. The Morgan fingerprint density at radius 1 is 1.09 bits per heavy atom. The zero-order valence-electron chi connectivity index (χ0n) is 18.7. The fourth-order valence-electron chi connectivity index (χ4n) is 5.95. The van der Waals surface area contributed by atoms with E-state index in [-0.39, 0.29) is 23.6 Å². The number of nitrogens with zero attached hydrogens (tertiary/aromatic N) is 1. The van der Waals surface area contributed by atoms with E-state index >= 15 is 0 Å². The molecule has 4 aliphatic carbocycles. The van der Waals surface area contributed by atoms with Crippen LogP contribution in [0.25, 0.3) is 0 Å². The number of amides is 2. The Kier molecular flexibility index (Phi) is 6.32. The molecule has 182 valence electrons. The molecule has 2 N–H and O–H groups in total. The molecule has 6 rings (SSSR count). The SMILES string of the molecule is CS(=O)(=O)NC(=O)COc1noc(C(=O)NC2C3CC4CC(C3)CC2C4)c1Sc1ccccc1. The van der Waals surface area contributed by atoms with Gasteiger partial charge in [0.25, 0.3) is 17.7 Å². The quantitative estimate of drug-likeness (QED) is 0.561. The molecule has 4 aliphatic rings. The van der Waals surface area contributed by atoms with Gasteiger partial charge in [-0.05, 0) is 73.1 Å². The molecule has 34 heavy (non-hydrogen) atoms. The Balaban J connectivity index is 1.34. The third-order valence-electron chi connectivity index (χ3n) is 6.95. The summed E-state index contributed by atoms with van der Waals surface area (Å²) in [4.78, 5) is 26.4. The van der Waals surface area contributed by atoms with Crippen molar-refractivity contribution in [2.24, 2.45) is 23.7 Å². The first-order valence-corrected chi connectivity index (χ1v) is 14.1. The van der Waals surface area contributed by atoms with Gasteiger partial charge >= 0.3 is 0 Å². The summed E-state index contributed by atoms with van der Waals surface area (Å²) >= 11 is 1.24. The van der Waals surface area contributed by atoms with Crippen molar-refractivity contribution in [3.63, 3.8) is 0 Å². The summed E-state index contributed by atoms with van der Waals surface area (Å²) < 4.78 is 35.2. The van der Waals surface area contributed by atoms with E-state index in [4.69, 9.17) is 9.26 Å². The Labute approximate surface area is 202 Å². The van der Waals surface area contributed by atoms with Crippen molar-refractivity contribution in [2.75, 3.05) is 12.9 Å². The van der Waals surface area contributed by atoms with Crippen LogP contribution >= 0.6 is 11.8 Å². The van der Waals surface area contributed by atoms with Gasteiger partial charge in [0.2, 0.25) is 15.8 Å². The van der Waals surface area contributed by atoms with Gasteiger partial charge in [-0.2, -0.15) is 0 Å². The molecule has 9 nitrogen and oxygen atoms in total. The lowest BCUT2D eigenvalue weighted by molar-refractivity contribution is -0.121. The number of rotatable bonds is 8. The van der Waals surface area contributed by atoms with Crippen molar-refractivity contribution >= 4 is 33.6 Å². The van der Waals surface area contributed by atoms with Crippen molar-refractivity contribution in [3.05, 3.63) is 36.1 Å². The topological polar surface area (TPSA) is 128 Å². The van der Waals surface area contributed by atoms with Crippen molar-refractivity contribution < 1.29 is 27.3 Å². The second kappa shape index (κ2) is 9.26. The van der Waals surface area contributed by atoms with E-state index in [1.807, 2.05) is 35.1 Å². The Morgan fingerprint density at radius 3 is 2.35 bits per heavy atom. The molecule has 0 aliphatic heterocycles. The minimum absolute atomic E-state index is 0.0289. The molecule has 2 aromatic rings. The number of carbonyl (C=O) groups excluding carboxylic acids is 2. The Bertz CT molecular complexity index is 1150. The molecule has 0 unspecified atom stereocenters. The van der Waals surface area contributed by atoms with Gasteiger partial charge in [-0.15, -0.1) is 0 Å². The van der Waals surface area contributed by atoms with Gasteiger partial charge in [0.1, 0.15) is 4.90 Å². The van der Waals surface area contributed by atoms with Crippen LogP contribution in [0.4, 0.5) is 0 Å². The van der Waals surface area contributed by atoms with Crippen LogP contribution in [-0.4, -0.2) is 44.3 Å². The third-order valence-corrected chi connectivity index (χ3v) is 8.62. The summed E-state index contributed by atoms with van der Waals surface area (Å²) in [6.45, 7) is -0.585. The normalized spacial score (nSPS) is 27.4. The van der Waals surface area contributed by atoms with Crippen molar-refractivity contribution in [3.8, 4) is 5.88 Å². The lowest BCUT2D eigenvalue weighted by atomic mass is 9.54. The van der Waals surface area contributed by atoms with E-state index in [1.54, 1.807) is 0 Å². The molecule has 2 amide bonds. The number of hydrogen-bond acceptors (Lipinski definition) is 8. The number of nitrogens with one attached hydrogen (secondary N) is 2. The fraction of sp³-hybridized carbons (Fsp3) is 0.522. The molecule has 4 fully saturated rings. The minimum Gasteiger partial charge on any atom is -0.465 e. The molecule has 1 aromatic heterocycles. The maximum absolute atomic E-state index is 13.3. The molecule has 0 radical (unpaired) electrons. The standard InChI is InChI=1S/C23H27N3O6S2/c1-34(29,30)26-18(27)12-31-23-21(33-17-5-3-2-4-6-17)20(32-25-23)22(28)24-19-15-8-13-7-14(10-15)11-16(19)9-13/h2-6,13-16,19H,7-12H2,1H3,(H,24,28)(H,26,27). The van der Waals surface area contributed by atoms with Gasteiger partial charge < -0.3 is 14.6 Å². The highest BCUT2D eigenvalue weighted by Gasteiger charge is 2.49. The minimum atomic E-state index is -3.71. The number of aromatic nitrogens is 1. The van der Waals surface area contributed by atoms with Crippen LogP contribution in [0.2, 0.25) is 0 Å². The molecule has 0 spiro atoms. The van der Waals surface area contributed by atoms with Crippen LogP contribution in [0.3, 0.4) is 0 Å². The fourth-order valence-corrected chi connectivity index (χ4v) is 7.36. The molecule has 11 heteroatoms. The van der Waals surface area contributed by atoms with Gasteiger partial charge in [0.15, 0.2) is 6.61 Å². The summed E-state index contributed by atoms with van der Waals surface area (Å²) in [6.07, 6.45) is 6.90. The first-order chi connectivity index (χ1) is 16.2. The van der Waals surface area contributed by atoms with Crippen LogP contribution in [0.15, 0.2) is 44.6 Å².